The lowest BCUT2D eigenvalue weighted by Crippen LogP contribution is -2.36. The van der Waals surface area contributed by atoms with E-state index in [2.05, 4.69) is 43.5 Å². The summed E-state index contributed by atoms with van der Waals surface area (Å²) in [5.74, 6) is 1.04. The van der Waals surface area contributed by atoms with Crippen molar-refractivity contribution in [1.29, 1.82) is 0 Å². The van der Waals surface area contributed by atoms with Crippen LogP contribution in [0.15, 0.2) is 47.1 Å². The molecule has 0 radical (unpaired) electrons. The summed E-state index contributed by atoms with van der Waals surface area (Å²) < 4.78 is 10.8. The van der Waals surface area contributed by atoms with Gasteiger partial charge >= 0.3 is 0 Å². The highest BCUT2D eigenvalue weighted by Gasteiger charge is 2.13. The van der Waals surface area contributed by atoms with Gasteiger partial charge in [-0.2, -0.15) is 0 Å². The highest BCUT2D eigenvalue weighted by Crippen LogP contribution is 2.24. The molecule has 0 unspecified atom stereocenters. The van der Waals surface area contributed by atoms with E-state index in [1.165, 1.54) is 5.56 Å². The third-order valence-corrected chi connectivity index (χ3v) is 4.02. The number of furan rings is 1. The van der Waals surface area contributed by atoms with Gasteiger partial charge in [-0.05, 0) is 41.7 Å². The molecule has 2 aromatic rings. The van der Waals surface area contributed by atoms with Gasteiger partial charge in [-0.25, -0.2) is 0 Å². The number of benzene rings is 1. The summed E-state index contributed by atoms with van der Waals surface area (Å²) in [4.78, 5) is 23.4. The van der Waals surface area contributed by atoms with Gasteiger partial charge in [-0.15, -0.1) is 0 Å². The Morgan fingerprint density at radius 3 is 2.41 bits per heavy atom. The lowest BCUT2D eigenvalue weighted by molar-refractivity contribution is -0.126. The standard InChI is InChI=1S/C21H28N2O4/c1-21(2,3)16-8-10-17(11-9-16)26-13-5-7-19(24)23-15-20(25)22-14-18-6-4-12-27-18/h4,6,8-12H,5,7,13-15H2,1-3H3,(H,22,25)(H,23,24). The maximum absolute atomic E-state index is 11.8. The molecule has 0 aliphatic rings. The van der Waals surface area contributed by atoms with Crippen molar-refractivity contribution in [1.82, 2.24) is 10.6 Å². The predicted octanol–water partition coefficient (Wildman–Crippen LogP) is 3.17. The van der Waals surface area contributed by atoms with Crippen LogP contribution in [0.2, 0.25) is 0 Å². The molecule has 146 valence electrons. The largest absolute Gasteiger partial charge is 0.494 e. The van der Waals surface area contributed by atoms with Gasteiger partial charge in [0.05, 0.1) is 26.0 Å². The highest BCUT2D eigenvalue weighted by atomic mass is 16.5. The van der Waals surface area contributed by atoms with E-state index in [0.29, 0.717) is 31.8 Å². The molecule has 2 amide bonds. The minimum atomic E-state index is -0.255. The van der Waals surface area contributed by atoms with Gasteiger partial charge in [0, 0.05) is 6.42 Å². The van der Waals surface area contributed by atoms with E-state index in [1.54, 1.807) is 18.4 Å². The molecule has 27 heavy (non-hydrogen) atoms. The van der Waals surface area contributed by atoms with E-state index in [0.717, 1.165) is 5.75 Å². The van der Waals surface area contributed by atoms with Crippen LogP contribution in [0.25, 0.3) is 0 Å². The molecule has 0 saturated heterocycles. The first-order valence-corrected chi connectivity index (χ1v) is 9.14. The van der Waals surface area contributed by atoms with E-state index < -0.39 is 0 Å². The number of ether oxygens (including phenoxy) is 1. The Kier molecular flexibility index (Phi) is 7.46. The second-order valence-corrected chi connectivity index (χ2v) is 7.36. The lowest BCUT2D eigenvalue weighted by atomic mass is 9.87. The van der Waals surface area contributed by atoms with Gasteiger partial charge in [0.2, 0.25) is 11.8 Å². The molecule has 2 N–H and O–H groups in total. The fourth-order valence-corrected chi connectivity index (χ4v) is 2.40. The van der Waals surface area contributed by atoms with Gasteiger partial charge in [0.25, 0.3) is 0 Å². The molecule has 0 aliphatic heterocycles. The number of rotatable bonds is 9. The van der Waals surface area contributed by atoms with E-state index in [1.807, 2.05) is 12.1 Å². The van der Waals surface area contributed by atoms with E-state index in [-0.39, 0.29) is 23.8 Å². The molecule has 0 saturated carbocycles. The maximum Gasteiger partial charge on any atom is 0.239 e. The van der Waals surface area contributed by atoms with Gasteiger partial charge in [0.15, 0.2) is 0 Å². The number of carbonyl (C=O) groups is 2. The summed E-state index contributed by atoms with van der Waals surface area (Å²) in [7, 11) is 0. The Balaban J connectivity index is 1.57. The molecule has 6 heteroatoms. The highest BCUT2D eigenvalue weighted by molar-refractivity contribution is 5.84. The third kappa shape index (κ3) is 7.56. The molecule has 6 nitrogen and oxygen atoms in total. The van der Waals surface area contributed by atoms with Gasteiger partial charge < -0.3 is 19.8 Å². The second-order valence-electron chi connectivity index (χ2n) is 7.36. The molecule has 2 rings (SSSR count). The Hall–Kier alpha value is -2.76. The zero-order valence-electron chi connectivity index (χ0n) is 16.2. The molecule has 0 atom stereocenters. The first-order valence-electron chi connectivity index (χ1n) is 9.14. The van der Waals surface area contributed by atoms with E-state index in [9.17, 15) is 9.59 Å². The summed E-state index contributed by atoms with van der Waals surface area (Å²) in [5.41, 5.74) is 1.36. The Morgan fingerprint density at radius 2 is 1.78 bits per heavy atom. The van der Waals surface area contributed by atoms with Crippen LogP contribution in [-0.4, -0.2) is 25.0 Å². The Bertz CT molecular complexity index is 716. The average Bonchev–Trinajstić information content (AvgIpc) is 3.15. The summed E-state index contributed by atoms with van der Waals surface area (Å²) in [6.07, 6.45) is 2.44. The minimum absolute atomic E-state index is 0.0470. The zero-order chi connectivity index (χ0) is 19.7. The number of carbonyl (C=O) groups excluding carboxylic acids is 2. The van der Waals surface area contributed by atoms with E-state index in [4.69, 9.17) is 9.15 Å². The van der Waals surface area contributed by atoms with Crippen LogP contribution in [0.4, 0.5) is 0 Å². The monoisotopic (exact) mass is 372 g/mol. The van der Waals surface area contributed by atoms with Crippen molar-refractivity contribution in [2.75, 3.05) is 13.2 Å². The van der Waals surface area contributed by atoms with Gasteiger partial charge in [0.1, 0.15) is 11.5 Å². The van der Waals surface area contributed by atoms with Crippen LogP contribution in [-0.2, 0) is 21.5 Å². The summed E-state index contributed by atoms with van der Waals surface area (Å²) in [6, 6.07) is 11.5. The van der Waals surface area contributed by atoms with Crippen LogP contribution in [0.5, 0.6) is 5.75 Å². The molecule has 0 aliphatic carbocycles. The molecular formula is C21H28N2O4. The molecule has 1 aromatic carbocycles. The van der Waals surface area contributed by atoms with Crippen LogP contribution >= 0.6 is 0 Å². The Morgan fingerprint density at radius 1 is 1.04 bits per heavy atom. The molecule has 1 aromatic heterocycles. The predicted molar refractivity (Wildman–Crippen MR) is 103 cm³/mol. The third-order valence-electron chi connectivity index (χ3n) is 4.02. The van der Waals surface area contributed by atoms with Crippen molar-refractivity contribution >= 4 is 11.8 Å². The maximum atomic E-state index is 11.8. The first-order chi connectivity index (χ1) is 12.8. The molecule has 0 spiro atoms. The van der Waals surface area contributed by atoms with Crippen molar-refractivity contribution in [2.45, 2.75) is 45.6 Å². The summed E-state index contributed by atoms with van der Waals surface area (Å²) >= 11 is 0. The normalized spacial score (nSPS) is 11.1. The molecular weight excluding hydrogens is 344 g/mol. The molecule has 1 heterocycles. The van der Waals surface area contributed by atoms with Crippen molar-refractivity contribution in [3.63, 3.8) is 0 Å². The summed E-state index contributed by atoms with van der Waals surface area (Å²) in [5, 5.41) is 5.27. The zero-order valence-corrected chi connectivity index (χ0v) is 16.2. The number of nitrogens with one attached hydrogen (secondary N) is 2. The second kappa shape index (κ2) is 9.80. The Labute approximate surface area is 160 Å². The fraction of sp³-hybridized carbons (Fsp3) is 0.429. The summed E-state index contributed by atoms with van der Waals surface area (Å²) in [6.45, 7) is 7.21. The fourth-order valence-electron chi connectivity index (χ4n) is 2.40. The topological polar surface area (TPSA) is 80.6 Å². The van der Waals surface area contributed by atoms with Crippen molar-refractivity contribution < 1.29 is 18.7 Å². The van der Waals surface area contributed by atoms with Crippen molar-refractivity contribution in [3.8, 4) is 5.75 Å². The van der Waals surface area contributed by atoms with E-state index >= 15 is 0 Å². The van der Waals surface area contributed by atoms with Crippen LogP contribution < -0.4 is 15.4 Å². The van der Waals surface area contributed by atoms with Crippen molar-refractivity contribution in [2.24, 2.45) is 0 Å². The van der Waals surface area contributed by atoms with Crippen molar-refractivity contribution in [3.05, 3.63) is 54.0 Å². The molecule has 0 bridgehead atoms. The SMILES string of the molecule is CC(C)(C)c1ccc(OCCCC(=O)NCC(=O)NCc2ccco2)cc1. The lowest BCUT2D eigenvalue weighted by Gasteiger charge is -2.19. The van der Waals surface area contributed by atoms with Gasteiger partial charge in [-0.3, -0.25) is 9.59 Å². The first kappa shape index (κ1) is 20.6. The van der Waals surface area contributed by atoms with Crippen LogP contribution in [0, 0.1) is 0 Å². The smallest absolute Gasteiger partial charge is 0.239 e. The van der Waals surface area contributed by atoms with Crippen LogP contribution in [0.3, 0.4) is 0 Å². The average molecular weight is 372 g/mol. The number of amides is 2. The quantitative estimate of drug-likeness (QED) is 0.663. The number of hydrogen-bond donors (Lipinski definition) is 2. The minimum Gasteiger partial charge on any atom is -0.494 e. The van der Waals surface area contributed by atoms with Crippen LogP contribution in [0.1, 0.15) is 44.9 Å². The van der Waals surface area contributed by atoms with Gasteiger partial charge in [-0.1, -0.05) is 32.9 Å². The molecule has 0 fully saturated rings. The number of hydrogen-bond acceptors (Lipinski definition) is 4.